The van der Waals surface area contributed by atoms with E-state index < -0.39 is 0 Å². The van der Waals surface area contributed by atoms with Crippen LogP contribution in [0.15, 0.2) is 0 Å². The van der Waals surface area contributed by atoms with E-state index in [1.54, 1.807) is 0 Å². The van der Waals surface area contributed by atoms with Gasteiger partial charge in [0.15, 0.2) is 0 Å². The molecule has 0 radical (unpaired) electrons. The van der Waals surface area contributed by atoms with Gasteiger partial charge in [-0.05, 0) is 56.8 Å². The SMILES string of the molecule is CCSCCC(CN)N1CCCN2CCCC2C1. The van der Waals surface area contributed by atoms with E-state index in [4.69, 9.17) is 5.73 Å². The second kappa shape index (κ2) is 7.73. The van der Waals surface area contributed by atoms with Crippen LogP contribution in [0.5, 0.6) is 0 Å². The molecule has 2 rings (SSSR count). The Morgan fingerprint density at radius 2 is 2.11 bits per heavy atom. The zero-order valence-corrected chi connectivity index (χ0v) is 12.6. The van der Waals surface area contributed by atoms with Gasteiger partial charge in [-0.1, -0.05) is 6.92 Å². The molecule has 0 bridgehead atoms. The summed E-state index contributed by atoms with van der Waals surface area (Å²) in [6.45, 7) is 8.23. The van der Waals surface area contributed by atoms with E-state index in [1.807, 2.05) is 11.8 Å². The quantitative estimate of drug-likeness (QED) is 0.744. The largest absolute Gasteiger partial charge is 0.329 e. The maximum atomic E-state index is 6.01. The standard InChI is InChI=1S/C14H29N3S/c1-2-18-10-6-13(11-15)17-9-4-8-16-7-3-5-14(16)12-17/h13-14H,2-12,15H2,1H3. The number of hydrogen-bond donors (Lipinski definition) is 1. The number of thioether (sulfide) groups is 1. The Labute approximate surface area is 116 Å². The van der Waals surface area contributed by atoms with Gasteiger partial charge in [0, 0.05) is 25.2 Å². The second-order valence-corrected chi connectivity index (χ2v) is 6.95. The van der Waals surface area contributed by atoms with Crippen LogP contribution in [-0.4, -0.2) is 66.1 Å². The van der Waals surface area contributed by atoms with E-state index in [2.05, 4.69) is 16.7 Å². The molecular formula is C14H29N3S. The maximum Gasteiger partial charge on any atom is 0.0226 e. The Kier molecular flexibility index (Phi) is 6.29. The molecule has 0 aromatic rings. The van der Waals surface area contributed by atoms with Crippen molar-refractivity contribution >= 4 is 11.8 Å². The number of nitrogens with two attached hydrogens (primary N) is 1. The minimum Gasteiger partial charge on any atom is -0.329 e. The molecule has 0 aromatic heterocycles. The van der Waals surface area contributed by atoms with Crippen molar-refractivity contribution in [3.05, 3.63) is 0 Å². The van der Waals surface area contributed by atoms with Gasteiger partial charge in [-0.15, -0.1) is 0 Å². The second-order valence-electron chi connectivity index (χ2n) is 5.56. The van der Waals surface area contributed by atoms with E-state index in [1.165, 1.54) is 63.4 Å². The van der Waals surface area contributed by atoms with E-state index in [-0.39, 0.29) is 0 Å². The fourth-order valence-electron chi connectivity index (χ4n) is 3.38. The molecule has 2 saturated heterocycles. The average Bonchev–Trinajstić information content (AvgIpc) is 2.73. The van der Waals surface area contributed by atoms with Crippen molar-refractivity contribution in [3.63, 3.8) is 0 Å². The summed E-state index contributed by atoms with van der Waals surface area (Å²) < 4.78 is 0. The lowest BCUT2D eigenvalue weighted by molar-refractivity contribution is 0.172. The van der Waals surface area contributed by atoms with Crippen LogP contribution in [0.25, 0.3) is 0 Å². The highest BCUT2D eigenvalue weighted by molar-refractivity contribution is 7.99. The van der Waals surface area contributed by atoms with Crippen molar-refractivity contribution in [1.29, 1.82) is 0 Å². The van der Waals surface area contributed by atoms with E-state index in [0.717, 1.165) is 12.6 Å². The van der Waals surface area contributed by atoms with Gasteiger partial charge in [-0.25, -0.2) is 0 Å². The first-order valence-corrected chi connectivity index (χ1v) is 8.76. The molecule has 0 aliphatic carbocycles. The van der Waals surface area contributed by atoms with E-state index in [9.17, 15) is 0 Å². The molecule has 18 heavy (non-hydrogen) atoms. The Hall–Kier alpha value is 0.230. The van der Waals surface area contributed by atoms with Gasteiger partial charge in [-0.2, -0.15) is 11.8 Å². The van der Waals surface area contributed by atoms with Crippen molar-refractivity contribution in [2.75, 3.05) is 44.2 Å². The van der Waals surface area contributed by atoms with Crippen LogP contribution in [0.1, 0.15) is 32.6 Å². The molecule has 2 aliphatic heterocycles. The highest BCUT2D eigenvalue weighted by Gasteiger charge is 2.30. The molecule has 0 spiro atoms. The van der Waals surface area contributed by atoms with Gasteiger partial charge in [0.05, 0.1) is 0 Å². The molecule has 0 aromatic carbocycles. The first-order valence-electron chi connectivity index (χ1n) is 7.61. The van der Waals surface area contributed by atoms with Gasteiger partial charge in [-0.3, -0.25) is 9.80 Å². The highest BCUT2D eigenvalue weighted by atomic mass is 32.2. The zero-order valence-electron chi connectivity index (χ0n) is 11.8. The Morgan fingerprint density at radius 3 is 2.89 bits per heavy atom. The summed E-state index contributed by atoms with van der Waals surface area (Å²) in [5.41, 5.74) is 6.01. The third kappa shape index (κ3) is 3.86. The van der Waals surface area contributed by atoms with Crippen LogP contribution >= 0.6 is 11.8 Å². The molecule has 2 N–H and O–H groups in total. The third-order valence-corrected chi connectivity index (χ3v) is 5.36. The third-order valence-electron chi connectivity index (χ3n) is 4.42. The Balaban J connectivity index is 1.84. The molecule has 3 nitrogen and oxygen atoms in total. The summed E-state index contributed by atoms with van der Waals surface area (Å²) in [5, 5.41) is 0. The predicted octanol–water partition coefficient (Wildman–Crippen LogP) is 1.63. The molecule has 106 valence electrons. The van der Waals surface area contributed by atoms with Gasteiger partial charge in [0.2, 0.25) is 0 Å². The average molecular weight is 271 g/mol. The Bertz CT molecular complexity index is 237. The smallest absolute Gasteiger partial charge is 0.0226 e. The molecule has 2 heterocycles. The molecule has 2 unspecified atom stereocenters. The van der Waals surface area contributed by atoms with Gasteiger partial charge < -0.3 is 5.73 Å². The molecule has 4 heteroatoms. The monoisotopic (exact) mass is 271 g/mol. The summed E-state index contributed by atoms with van der Waals surface area (Å²) >= 11 is 2.05. The van der Waals surface area contributed by atoms with Crippen molar-refractivity contribution in [2.45, 2.75) is 44.7 Å². The predicted molar refractivity (Wildman–Crippen MR) is 81.2 cm³/mol. The first-order chi connectivity index (χ1) is 8.85. The highest BCUT2D eigenvalue weighted by Crippen LogP contribution is 2.23. The van der Waals surface area contributed by atoms with Gasteiger partial charge in [0.1, 0.15) is 0 Å². The van der Waals surface area contributed by atoms with E-state index in [0.29, 0.717) is 6.04 Å². The first kappa shape index (κ1) is 14.6. The molecule has 2 fully saturated rings. The fraction of sp³-hybridized carbons (Fsp3) is 1.00. The summed E-state index contributed by atoms with van der Waals surface area (Å²) in [7, 11) is 0. The van der Waals surface area contributed by atoms with Crippen LogP contribution in [0.2, 0.25) is 0 Å². The van der Waals surface area contributed by atoms with Crippen molar-refractivity contribution in [1.82, 2.24) is 9.80 Å². The topological polar surface area (TPSA) is 32.5 Å². The van der Waals surface area contributed by atoms with Crippen molar-refractivity contribution < 1.29 is 0 Å². The fourth-order valence-corrected chi connectivity index (χ4v) is 4.11. The number of nitrogens with zero attached hydrogens (tertiary/aromatic N) is 2. The number of fused-ring (bicyclic) bond motifs is 1. The number of hydrogen-bond acceptors (Lipinski definition) is 4. The number of rotatable bonds is 6. The van der Waals surface area contributed by atoms with Crippen LogP contribution in [0, 0.1) is 0 Å². The lowest BCUT2D eigenvalue weighted by Crippen LogP contribution is -2.45. The van der Waals surface area contributed by atoms with E-state index >= 15 is 0 Å². The molecule has 2 atom stereocenters. The van der Waals surface area contributed by atoms with Crippen LogP contribution < -0.4 is 5.73 Å². The molecular weight excluding hydrogens is 242 g/mol. The summed E-state index contributed by atoms with van der Waals surface area (Å²) in [4.78, 5) is 5.39. The molecule has 2 aliphatic rings. The van der Waals surface area contributed by atoms with Crippen molar-refractivity contribution in [2.24, 2.45) is 5.73 Å². The van der Waals surface area contributed by atoms with Gasteiger partial charge >= 0.3 is 0 Å². The summed E-state index contributed by atoms with van der Waals surface area (Å²) in [6.07, 6.45) is 5.39. The maximum absolute atomic E-state index is 6.01. The van der Waals surface area contributed by atoms with Gasteiger partial charge in [0.25, 0.3) is 0 Å². The normalized spacial score (nSPS) is 28.0. The lowest BCUT2D eigenvalue weighted by Gasteiger charge is -2.32. The van der Waals surface area contributed by atoms with Crippen molar-refractivity contribution in [3.8, 4) is 0 Å². The minimum atomic E-state index is 0.615. The summed E-state index contributed by atoms with van der Waals surface area (Å²) in [6, 6.07) is 1.44. The van der Waals surface area contributed by atoms with Crippen LogP contribution in [-0.2, 0) is 0 Å². The summed E-state index contributed by atoms with van der Waals surface area (Å²) in [5.74, 6) is 2.50. The molecule has 0 amide bonds. The lowest BCUT2D eigenvalue weighted by atomic mass is 10.1. The Morgan fingerprint density at radius 1 is 1.28 bits per heavy atom. The zero-order chi connectivity index (χ0) is 12.8. The minimum absolute atomic E-state index is 0.615. The van der Waals surface area contributed by atoms with Crippen LogP contribution in [0.3, 0.4) is 0 Å². The molecule has 0 saturated carbocycles. The van der Waals surface area contributed by atoms with Crippen LogP contribution in [0.4, 0.5) is 0 Å².